The lowest BCUT2D eigenvalue weighted by Crippen LogP contribution is -2.01. The molecule has 0 amide bonds. The summed E-state index contributed by atoms with van der Waals surface area (Å²) >= 11 is 0. The third-order valence-electron chi connectivity index (χ3n) is 4.86. The molecule has 3 aromatic carbocycles. The van der Waals surface area contributed by atoms with Crippen LogP contribution in [0.25, 0.3) is 27.5 Å². The standard InChI is InChI=1S/C21H14F5N/c1-9-4-5-12(8-14(9)22)27-20-13(6-10(2)18(25)19(20)26)16-17(24)11(3)7-15(23)21(16)27/h4-8H,1-3H3. The van der Waals surface area contributed by atoms with E-state index in [-0.39, 0.29) is 38.6 Å². The number of hydrogen-bond acceptors (Lipinski definition) is 0. The number of aromatic nitrogens is 1. The van der Waals surface area contributed by atoms with E-state index in [1.807, 2.05) is 0 Å². The van der Waals surface area contributed by atoms with Gasteiger partial charge in [-0.1, -0.05) is 6.07 Å². The van der Waals surface area contributed by atoms with E-state index in [1.165, 1.54) is 39.0 Å². The van der Waals surface area contributed by atoms with Crippen LogP contribution >= 0.6 is 0 Å². The second kappa shape index (κ2) is 5.81. The number of fused-ring (bicyclic) bond motifs is 3. The fourth-order valence-electron chi connectivity index (χ4n) is 3.45. The summed E-state index contributed by atoms with van der Waals surface area (Å²) in [5.41, 5.74) is -0.182. The number of nitrogens with zero attached hydrogens (tertiary/aromatic N) is 1. The van der Waals surface area contributed by atoms with E-state index in [4.69, 9.17) is 0 Å². The highest BCUT2D eigenvalue weighted by Crippen LogP contribution is 2.39. The van der Waals surface area contributed by atoms with Crippen LogP contribution in [0.5, 0.6) is 0 Å². The Labute approximate surface area is 151 Å². The van der Waals surface area contributed by atoms with E-state index in [2.05, 4.69) is 0 Å². The zero-order valence-corrected chi connectivity index (χ0v) is 14.7. The van der Waals surface area contributed by atoms with Gasteiger partial charge in [0.2, 0.25) is 0 Å². The Hall–Kier alpha value is -2.89. The van der Waals surface area contributed by atoms with Gasteiger partial charge in [0, 0.05) is 16.5 Å². The molecular weight excluding hydrogens is 361 g/mol. The van der Waals surface area contributed by atoms with Gasteiger partial charge in [0.05, 0.1) is 11.0 Å². The van der Waals surface area contributed by atoms with Crippen LogP contribution in [0.2, 0.25) is 0 Å². The summed E-state index contributed by atoms with van der Waals surface area (Å²) < 4.78 is 74.0. The van der Waals surface area contributed by atoms with Gasteiger partial charge in [-0.3, -0.25) is 0 Å². The molecule has 0 unspecified atom stereocenters. The number of halogens is 5. The van der Waals surface area contributed by atoms with Crippen molar-refractivity contribution in [3.05, 3.63) is 76.1 Å². The minimum Gasteiger partial charge on any atom is -0.303 e. The SMILES string of the molecule is Cc1ccc(-n2c3c(F)c(F)c(C)cc3c3c(F)c(C)cc(F)c32)cc1F. The molecule has 1 aromatic heterocycles. The highest BCUT2D eigenvalue weighted by molar-refractivity contribution is 6.10. The zero-order valence-electron chi connectivity index (χ0n) is 14.7. The molecule has 27 heavy (non-hydrogen) atoms. The summed E-state index contributed by atoms with van der Waals surface area (Å²) in [6.45, 7) is 4.27. The lowest BCUT2D eigenvalue weighted by Gasteiger charge is -2.11. The van der Waals surface area contributed by atoms with Crippen LogP contribution in [0.15, 0.2) is 30.3 Å². The predicted molar refractivity (Wildman–Crippen MR) is 94.8 cm³/mol. The molecule has 0 aliphatic rings. The summed E-state index contributed by atoms with van der Waals surface area (Å²) in [5, 5.41) is -0.132. The van der Waals surface area contributed by atoms with Crippen LogP contribution in [-0.4, -0.2) is 4.57 Å². The molecule has 4 aromatic rings. The Kier molecular flexibility index (Phi) is 3.77. The maximum absolute atomic E-state index is 14.9. The van der Waals surface area contributed by atoms with Crippen LogP contribution in [0.4, 0.5) is 22.0 Å². The quantitative estimate of drug-likeness (QED) is 0.339. The fourth-order valence-corrected chi connectivity index (χ4v) is 3.45. The Bertz CT molecular complexity index is 1250. The second-order valence-corrected chi connectivity index (χ2v) is 6.70. The third kappa shape index (κ3) is 2.36. The maximum Gasteiger partial charge on any atom is 0.183 e. The molecule has 0 spiro atoms. The maximum atomic E-state index is 14.9. The molecule has 0 saturated heterocycles. The van der Waals surface area contributed by atoms with Crippen LogP contribution in [0, 0.1) is 49.9 Å². The summed E-state index contributed by atoms with van der Waals surface area (Å²) in [7, 11) is 0. The van der Waals surface area contributed by atoms with Crippen LogP contribution in [0.3, 0.4) is 0 Å². The van der Waals surface area contributed by atoms with Gasteiger partial charge in [0.25, 0.3) is 0 Å². The first kappa shape index (κ1) is 17.5. The molecule has 4 rings (SSSR count). The first-order valence-corrected chi connectivity index (χ1v) is 8.26. The predicted octanol–water partition coefficient (Wildman–Crippen LogP) is 6.40. The van der Waals surface area contributed by atoms with Crippen molar-refractivity contribution in [1.82, 2.24) is 4.57 Å². The number of benzene rings is 3. The fraction of sp³-hybridized carbons (Fsp3) is 0.143. The summed E-state index contributed by atoms with van der Waals surface area (Å²) in [4.78, 5) is 0. The highest BCUT2D eigenvalue weighted by Gasteiger charge is 2.25. The third-order valence-corrected chi connectivity index (χ3v) is 4.86. The van der Waals surface area contributed by atoms with Crippen molar-refractivity contribution in [2.45, 2.75) is 20.8 Å². The zero-order chi connectivity index (χ0) is 19.6. The van der Waals surface area contributed by atoms with Gasteiger partial charge in [-0.2, -0.15) is 0 Å². The van der Waals surface area contributed by atoms with Crippen molar-refractivity contribution < 1.29 is 22.0 Å². The van der Waals surface area contributed by atoms with Crippen molar-refractivity contribution in [1.29, 1.82) is 0 Å². The van der Waals surface area contributed by atoms with Crippen molar-refractivity contribution in [3.63, 3.8) is 0 Å². The van der Waals surface area contributed by atoms with Gasteiger partial charge in [-0.15, -0.1) is 0 Å². The molecule has 0 fully saturated rings. The van der Waals surface area contributed by atoms with Crippen molar-refractivity contribution in [2.75, 3.05) is 0 Å². The molecule has 138 valence electrons. The number of aryl methyl sites for hydroxylation is 3. The average molecular weight is 375 g/mol. The normalized spacial score (nSPS) is 11.7. The molecular formula is C21H14F5N. The van der Waals surface area contributed by atoms with E-state index in [0.29, 0.717) is 5.56 Å². The molecule has 1 nitrogen and oxygen atoms in total. The van der Waals surface area contributed by atoms with Crippen molar-refractivity contribution in [2.24, 2.45) is 0 Å². The van der Waals surface area contributed by atoms with E-state index < -0.39 is 29.1 Å². The van der Waals surface area contributed by atoms with E-state index in [0.717, 1.165) is 16.7 Å². The van der Waals surface area contributed by atoms with E-state index >= 15 is 0 Å². The number of hydrogen-bond donors (Lipinski definition) is 0. The Morgan fingerprint density at radius 2 is 1.30 bits per heavy atom. The lowest BCUT2D eigenvalue weighted by atomic mass is 10.1. The second-order valence-electron chi connectivity index (χ2n) is 6.70. The van der Waals surface area contributed by atoms with E-state index in [1.54, 1.807) is 0 Å². The van der Waals surface area contributed by atoms with Crippen LogP contribution < -0.4 is 0 Å². The van der Waals surface area contributed by atoms with Gasteiger partial charge in [-0.05, 0) is 61.7 Å². The minimum atomic E-state index is -1.24. The molecule has 0 radical (unpaired) electrons. The Morgan fingerprint density at radius 3 is 1.96 bits per heavy atom. The molecule has 0 atom stereocenters. The largest absolute Gasteiger partial charge is 0.303 e. The van der Waals surface area contributed by atoms with Gasteiger partial charge in [0.15, 0.2) is 11.6 Å². The van der Waals surface area contributed by atoms with Gasteiger partial charge in [0.1, 0.15) is 17.5 Å². The first-order chi connectivity index (χ1) is 12.7. The Morgan fingerprint density at radius 1 is 0.630 bits per heavy atom. The number of rotatable bonds is 1. The van der Waals surface area contributed by atoms with Gasteiger partial charge >= 0.3 is 0 Å². The van der Waals surface area contributed by atoms with Crippen molar-refractivity contribution >= 4 is 21.8 Å². The van der Waals surface area contributed by atoms with Crippen LogP contribution in [-0.2, 0) is 0 Å². The molecule has 6 heteroatoms. The van der Waals surface area contributed by atoms with Gasteiger partial charge < -0.3 is 4.57 Å². The molecule has 1 heterocycles. The first-order valence-electron chi connectivity index (χ1n) is 8.26. The lowest BCUT2D eigenvalue weighted by molar-refractivity contribution is 0.509. The summed E-state index contributed by atoms with van der Waals surface area (Å²) in [6, 6.07) is 6.24. The molecule has 0 N–H and O–H groups in total. The molecule has 0 bridgehead atoms. The monoisotopic (exact) mass is 375 g/mol. The minimum absolute atomic E-state index is 0.0301. The Balaban J connectivity index is 2.34. The highest BCUT2D eigenvalue weighted by atomic mass is 19.2. The van der Waals surface area contributed by atoms with E-state index in [9.17, 15) is 22.0 Å². The molecule has 0 saturated carbocycles. The molecule has 0 aliphatic carbocycles. The topological polar surface area (TPSA) is 4.93 Å². The average Bonchev–Trinajstić information content (AvgIpc) is 2.96. The van der Waals surface area contributed by atoms with Crippen molar-refractivity contribution in [3.8, 4) is 5.69 Å². The summed E-state index contributed by atoms with van der Waals surface area (Å²) in [6.07, 6.45) is 0. The smallest absolute Gasteiger partial charge is 0.183 e. The summed E-state index contributed by atoms with van der Waals surface area (Å²) in [5.74, 6) is -4.48. The van der Waals surface area contributed by atoms with Crippen LogP contribution in [0.1, 0.15) is 16.7 Å². The van der Waals surface area contributed by atoms with Gasteiger partial charge in [-0.25, -0.2) is 22.0 Å². The molecule has 0 aliphatic heterocycles.